The van der Waals surface area contributed by atoms with E-state index in [2.05, 4.69) is 11.6 Å². The van der Waals surface area contributed by atoms with E-state index < -0.39 is 0 Å². The number of nitrogens with two attached hydrogens (primary N) is 1. The highest BCUT2D eigenvalue weighted by Gasteiger charge is 2.08. The predicted molar refractivity (Wildman–Crippen MR) is 64.6 cm³/mol. The maximum Gasteiger partial charge on any atom is 0.138 e. The number of hydrogen-bond acceptors (Lipinski definition) is 4. The third kappa shape index (κ3) is 1.44. The fourth-order valence-electron chi connectivity index (χ4n) is 1.41. The highest BCUT2D eigenvalue weighted by molar-refractivity contribution is 7.99. The Morgan fingerprint density at radius 1 is 1.43 bits per heavy atom. The van der Waals surface area contributed by atoms with Crippen molar-refractivity contribution >= 4 is 38.9 Å². The van der Waals surface area contributed by atoms with E-state index in [1.54, 1.807) is 30.2 Å². The molecule has 14 heavy (non-hydrogen) atoms. The molecule has 0 fully saturated rings. The molecule has 2 nitrogen and oxygen atoms in total. The number of fused-ring (bicyclic) bond motifs is 1. The van der Waals surface area contributed by atoms with Crippen LogP contribution in [-0.2, 0) is 0 Å². The minimum Gasteiger partial charge on any atom is -0.495 e. The van der Waals surface area contributed by atoms with Gasteiger partial charge >= 0.3 is 0 Å². The molecule has 0 amide bonds. The monoisotopic (exact) mass is 225 g/mol. The van der Waals surface area contributed by atoms with Crippen molar-refractivity contribution in [2.75, 3.05) is 19.1 Å². The van der Waals surface area contributed by atoms with Crippen molar-refractivity contribution in [1.29, 1.82) is 0 Å². The molecule has 0 aliphatic carbocycles. The maximum absolute atomic E-state index is 5.80. The average Bonchev–Trinajstić information content (AvgIpc) is 2.59. The van der Waals surface area contributed by atoms with Gasteiger partial charge in [-0.25, -0.2) is 0 Å². The maximum atomic E-state index is 5.80. The summed E-state index contributed by atoms with van der Waals surface area (Å²) in [7, 11) is 1.67. The van der Waals surface area contributed by atoms with E-state index in [1.165, 1.54) is 15.0 Å². The van der Waals surface area contributed by atoms with E-state index in [-0.39, 0.29) is 0 Å². The van der Waals surface area contributed by atoms with Crippen molar-refractivity contribution in [3.8, 4) is 5.75 Å². The van der Waals surface area contributed by atoms with Gasteiger partial charge in [0.25, 0.3) is 0 Å². The number of methoxy groups -OCH3 is 1. The van der Waals surface area contributed by atoms with Gasteiger partial charge in [0.05, 0.1) is 11.8 Å². The number of thioether (sulfide) groups is 1. The number of rotatable bonds is 2. The van der Waals surface area contributed by atoms with Crippen LogP contribution in [0.3, 0.4) is 0 Å². The third-order valence-corrected chi connectivity index (χ3v) is 4.00. The minimum absolute atomic E-state index is 0.753. The van der Waals surface area contributed by atoms with Crippen LogP contribution in [-0.4, -0.2) is 13.4 Å². The summed E-state index contributed by atoms with van der Waals surface area (Å²) in [6.45, 7) is 0. The van der Waals surface area contributed by atoms with Crippen molar-refractivity contribution in [2.45, 2.75) is 4.90 Å². The van der Waals surface area contributed by atoms with E-state index in [1.807, 2.05) is 12.1 Å². The number of hydrogen-bond donors (Lipinski definition) is 1. The number of thiophene rings is 1. The third-order valence-electron chi connectivity index (χ3n) is 2.07. The zero-order valence-electron chi connectivity index (χ0n) is 8.03. The van der Waals surface area contributed by atoms with Crippen molar-refractivity contribution in [3.63, 3.8) is 0 Å². The largest absolute Gasteiger partial charge is 0.495 e. The van der Waals surface area contributed by atoms with Gasteiger partial charge in [0, 0.05) is 27.4 Å². The quantitative estimate of drug-likeness (QED) is 0.629. The van der Waals surface area contributed by atoms with Gasteiger partial charge in [0.1, 0.15) is 5.75 Å². The van der Waals surface area contributed by atoms with E-state index >= 15 is 0 Å². The number of nitrogen functional groups attached to an aromatic ring is 1. The molecule has 0 saturated carbocycles. The second kappa shape index (κ2) is 3.71. The first-order chi connectivity index (χ1) is 6.76. The van der Waals surface area contributed by atoms with Crippen LogP contribution in [0.15, 0.2) is 22.4 Å². The van der Waals surface area contributed by atoms with Gasteiger partial charge in [0.2, 0.25) is 0 Å². The summed E-state index contributed by atoms with van der Waals surface area (Å²) in [6.07, 6.45) is 2.07. The summed E-state index contributed by atoms with van der Waals surface area (Å²) in [5.41, 5.74) is 6.55. The molecule has 2 N–H and O–H groups in total. The second-order valence-electron chi connectivity index (χ2n) is 2.90. The highest BCUT2D eigenvalue weighted by atomic mass is 32.2. The number of ether oxygens (including phenoxy) is 1. The van der Waals surface area contributed by atoms with Gasteiger partial charge in [-0.05, 0) is 12.3 Å². The SMILES string of the molecule is COc1cc(N)cc2c(SC)csc12. The summed E-state index contributed by atoms with van der Waals surface area (Å²) in [4.78, 5) is 1.26. The van der Waals surface area contributed by atoms with Crippen LogP contribution in [0.25, 0.3) is 10.1 Å². The van der Waals surface area contributed by atoms with Crippen LogP contribution < -0.4 is 10.5 Å². The molecule has 0 saturated heterocycles. The zero-order chi connectivity index (χ0) is 10.1. The molecule has 74 valence electrons. The average molecular weight is 225 g/mol. The molecule has 1 heterocycles. The van der Waals surface area contributed by atoms with Crippen LogP contribution in [0.1, 0.15) is 0 Å². The first-order valence-electron chi connectivity index (χ1n) is 4.15. The van der Waals surface area contributed by atoms with Crippen LogP contribution >= 0.6 is 23.1 Å². The molecule has 1 aromatic carbocycles. The Labute approximate surface area is 91.1 Å². The van der Waals surface area contributed by atoms with Crippen LogP contribution in [0, 0.1) is 0 Å². The lowest BCUT2D eigenvalue weighted by Gasteiger charge is -2.03. The Hall–Kier alpha value is -0.870. The molecule has 0 unspecified atom stereocenters. The van der Waals surface area contributed by atoms with Gasteiger partial charge in [-0.2, -0.15) is 0 Å². The van der Waals surface area contributed by atoms with Gasteiger partial charge in [-0.3, -0.25) is 0 Å². The Kier molecular flexibility index (Phi) is 2.56. The van der Waals surface area contributed by atoms with Crippen molar-refractivity contribution in [2.24, 2.45) is 0 Å². The topological polar surface area (TPSA) is 35.2 Å². The van der Waals surface area contributed by atoms with E-state index in [0.717, 1.165) is 11.4 Å². The standard InChI is InChI=1S/C10H11NOS2/c1-12-8-4-6(11)3-7-9(13-2)5-14-10(7)8/h3-5H,11H2,1-2H3. The van der Waals surface area contributed by atoms with E-state index in [4.69, 9.17) is 10.5 Å². The van der Waals surface area contributed by atoms with Crippen molar-refractivity contribution < 1.29 is 4.74 Å². The lowest BCUT2D eigenvalue weighted by Crippen LogP contribution is -1.88. The van der Waals surface area contributed by atoms with E-state index in [9.17, 15) is 0 Å². The molecule has 4 heteroatoms. The first-order valence-corrected chi connectivity index (χ1v) is 6.25. The molecule has 1 aromatic heterocycles. The predicted octanol–water partition coefficient (Wildman–Crippen LogP) is 3.21. The smallest absolute Gasteiger partial charge is 0.138 e. The molecule has 2 rings (SSSR count). The van der Waals surface area contributed by atoms with Gasteiger partial charge in [-0.1, -0.05) is 0 Å². The molecular weight excluding hydrogens is 214 g/mol. The Morgan fingerprint density at radius 3 is 2.86 bits per heavy atom. The normalized spacial score (nSPS) is 10.7. The molecule has 0 bridgehead atoms. The fraction of sp³-hybridized carbons (Fsp3) is 0.200. The van der Waals surface area contributed by atoms with Crippen molar-refractivity contribution in [1.82, 2.24) is 0 Å². The molecule has 2 aromatic rings. The van der Waals surface area contributed by atoms with Crippen molar-refractivity contribution in [3.05, 3.63) is 17.5 Å². The Balaban J connectivity index is 2.76. The fourth-order valence-corrected chi connectivity index (χ4v) is 3.29. The Morgan fingerprint density at radius 2 is 2.21 bits per heavy atom. The summed E-state index contributed by atoms with van der Waals surface area (Å²) < 4.78 is 6.46. The van der Waals surface area contributed by atoms with Crippen LogP contribution in [0.5, 0.6) is 5.75 Å². The minimum atomic E-state index is 0.753. The zero-order valence-corrected chi connectivity index (χ0v) is 9.67. The summed E-state index contributed by atoms with van der Waals surface area (Å²) in [5.74, 6) is 0.866. The van der Waals surface area contributed by atoms with Gasteiger partial charge < -0.3 is 10.5 Å². The second-order valence-corrected chi connectivity index (χ2v) is 4.63. The summed E-state index contributed by atoms with van der Waals surface area (Å²) >= 11 is 3.43. The Bertz CT molecular complexity index is 464. The lowest BCUT2D eigenvalue weighted by molar-refractivity contribution is 0.420. The van der Waals surface area contributed by atoms with Gasteiger partial charge in [0.15, 0.2) is 0 Å². The van der Waals surface area contributed by atoms with Crippen LogP contribution in [0.2, 0.25) is 0 Å². The summed E-state index contributed by atoms with van der Waals surface area (Å²) in [6, 6.07) is 3.86. The van der Waals surface area contributed by atoms with Crippen LogP contribution in [0.4, 0.5) is 5.69 Å². The number of anilines is 1. The first kappa shape index (κ1) is 9.68. The van der Waals surface area contributed by atoms with Gasteiger partial charge in [-0.15, -0.1) is 23.1 Å². The van der Waals surface area contributed by atoms with E-state index in [0.29, 0.717) is 0 Å². The molecular formula is C10H11NOS2. The summed E-state index contributed by atoms with van der Waals surface area (Å²) in [5, 5.41) is 3.33. The molecule has 0 atom stereocenters. The molecule has 0 aliphatic rings. The molecule has 0 spiro atoms. The highest BCUT2D eigenvalue weighted by Crippen LogP contribution is 2.39. The molecule has 0 aliphatic heterocycles. The molecule has 0 radical (unpaired) electrons. The lowest BCUT2D eigenvalue weighted by atomic mass is 10.2. The number of benzene rings is 1.